The first kappa shape index (κ1) is 19.8. The van der Waals surface area contributed by atoms with Crippen LogP contribution in [0.2, 0.25) is 0 Å². The van der Waals surface area contributed by atoms with Gasteiger partial charge in [0, 0.05) is 42.4 Å². The molecule has 146 valence electrons. The summed E-state index contributed by atoms with van der Waals surface area (Å²) in [6.45, 7) is 1.35. The van der Waals surface area contributed by atoms with Gasteiger partial charge in [-0.05, 0) is 25.0 Å². The fourth-order valence-corrected chi connectivity index (χ4v) is 3.97. The Morgan fingerprint density at radius 3 is 2.63 bits per heavy atom. The number of fused-ring (bicyclic) bond motifs is 1. The molecule has 1 fully saturated rings. The van der Waals surface area contributed by atoms with Crippen molar-refractivity contribution in [3.8, 4) is 0 Å². The van der Waals surface area contributed by atoms with Crippen molar-refractivity contribution >= 4 is 18.3 Å². The van der Waals surface area contributed by atoms with E-state index in [9.17, 15) is 13.6 Å². The van der Waals surface area contributed by atoms with Crippen LogP contribution in [0.1, 0.15) is 53.0 Å². The Labute approximate surface area is 162 Å². The van der Waals surface area contributed by atoms with E-state index in [1.54, 1.807) is 4.90 Å². The van der Waals surface area contributed by atoms with Gasteiger partial charge in [0.1, 0.15) is 11.6 Å². The van der Waals surface area contributed by atoms with Crippen LogP contribution in [0.5, 0.6) is 0 Å². The fraction of sp³-hybridized carbons (Fsp3) is 0.474. The molecule has 1 aliphatic heterocycles. The maximum absolute atomic E-state index is 14.2. The van der Waals surface area contributed by atoms with Crippen molar-refractivity contribution in [2.75, 3.05) is 6.54 Å². The summed E-state index contributed by atoms with van der Waals surface area (Å²) in [4.78, 5) is 14.9. The molecule has 2 aromatic rings. The minimum atomic E-state index is -0.619. The first-order chi connectivity index (χ1) is 12.6. The van der Waals surface area contributed by atoms with Crippen molar-refractivity contribution in [1.29, 1.82) is 0 Å². The van der Waals surface area contributed by atoms with E-state index in [4.69, 9.17) is 0 Å². The summed E-state index contributed by atoms with van der Waals surface area (Å²) in [6, 6.07) is 3.79. The molecular formula is C19H23ClF2N4O. The van der Waals surface area contributed by atoms with Gasteiger partial charge in [-0.3, -0.25) is 9.89 Å². The fourth-order valence-electron chi connectivity index (χ4n) is 3.97. The Morgan fingerprint density at radius 1 is 1.22 bits per heavy atom. The third-order valence-electron chi connectivity index (χ3n) is 5.43. The minimum Gasteiger partial charge on any atom is -0.330 e. The SMILES string of the molecule is Cl.O=C(c1n[nH]c2c1CNCC2)N(Cc1c(F)cccc1F)C1CCCC1. The number of H-pyrrole nitrogens is 1. The molecule has 1 amide bonds. The highest BCUT2D eigenvalue weighted by Crippen LogP contribution is 2.29. The summed E-state index contributed by atoms with van der Waals surface area (Å²) in [6.07, 6.45) is 4.54. The lowest BCUT2D eigenvalue weighted by atomic mass is 10.0. The molecule has 0 spiro atoms. The average Bonchev–Trinajstić information content (AvgIpc) is 3.31. The molecule has 0 saturated heterocycles. The third-order valence-corrected chi connectivity index (χ3v) is 5.43. The van der Waals surface area contributed by atoms with Gasteiger partial charge in [0.15, 0.2) is 5.69 Å². The quantitative estimate of drug-likeness (QED) is 0.833. The second-order valence-corrected chi connectivity index (χ2v) is 7.03. The Hall–Kier alpha value is -1.99. The van der Waals surface area contributed by atoms with Gasteiger partial charge < -0.3 is 10.2 Å². The van der Waals surface area contributed by atoms with E-state index in [-0.39, 0.29) is 36.5 Å². The van der Waals surface area contributed by atoms with E-state index in [2.05, 4.69) is 15.5 Å². The van der Waals surface area contributed by atoms with Crippen molar-refractivity contribution in [3.05, 3.63) is 52.3 Å². The van der Waals surface area contributed by atoms with Crippen molar-refractivity contribution in [2.24, 2.45) is 0 Å². The highest BCUT2D eigenvalue weighted by Gasteiger charge is 2.32. The highest BCUT2D eigenvalue weighted by atomic mass is 35.5. The predicted octanol–water partition coefficient (Wildman–Crippen LogP) is 3.34. The number of nitrogens with zero attached hydrogens (tertiary/aromatic N) is 2. The second-order valence-electron chi connectivity index (χ2n) is 7.03. The van der Waals surface area contributed by atoms with Crippen molar-refractivity contribution < 1.29 is 13.6 Å². The molecule has 0 bridgehead atoms. The van der Waals surface area contributed by atoms with Gasteiger partial charge in [0.25, 0.3) is 5.91 Å². The molecule has 2 N–H and O–H groups in total. The summed E-state index contributed by atoms with van der Waals surface area (Å²) < 4.78 is 28.3. The summed E-state index contributed by atoms with van der Waals surface area (Å²) >= 11 is 0. The molecular weight excluding hydrogens is 374 g/mol. The summed E-state index contributed by atoms with van der Waals surface area (Å²) in [5.74, 6) is -1.49. The van der Waals surface area contributed by atoms with Crippen LogP contribution in [0.3, 0.4) is 0 Å². The van der Waals surface area contributed by atoms with Gasteiger partial charge in [-0.15, -0.1) is 12.4 Å². The van der Waals surface area contributed by atoms with E-state index < -0.39 is 11.6 Å². The minimum absolute atomic E-state index is 0. The molecule has 5 nitrogen and oxygen atoms in total. The molecule has 1 saturated carbocycles. The third kappa shape index (κ3) is 3.84. The van der Waals surface area contributed by atoms with E-state index in [0.717, 1.165) is 49.9 Å². The number of rotatable bonds is 4. The van der Waals surface area contributed by atoms with Gasteiger partial charge in [-0.1, -0.05) is 18.9 Å². The molecule has 1 aromatic heterocycles. The van der Waals surface area contributed by atoms with Crippen LogP contribution < -0.4 is 5.32 Å². The topological polar surface area (TPSA) is 61.0 Å². The van der Waals surface area contributed by atoms with Crippen LogP contribution in [-0.2, 0) is 19.5 Å². The molecule has 4 rings (SSSR count). The van der Waals surface area contributed by atoms with E-state index in [0.29, 0.717) is 12.2 Å². The Balaban J connectivity index is 0.00000210. The number of amides is 1. The number of carbonyl (C=O) groups excluding carboxylic acids is 1. The van der Waals surface area contributed by atoms with Crippen LogP contribution >= 0.6 is 12.4 Å². The van der Waals surface area contributed by atoms with E-state index in [1.807, 2.05) is 0 Å². The number of aromatic amines is 1. The molecule has 1 aliphatic carbocycles. The molecule has 0 radical (unpaired) electrons. The smallest absolute Gasteiger partial charge is 0.275 e. The Morgan fingerprint density at radius 2 is 1.93 bits per heavy atom. The number of hydrogen-bond acceptors (Lipinski definition) is 3. The number of aromatic nitrogens is 2. The lowest BCUT2D eigenvalue weighted by Gasteiger charge is -2.29. The molecule has 0 atom stereocenters. The second kappa shape index (κ2) is 8.35. The average molecular weight is 397 g/mol. The summed E-state index contributed by atoms with van der Waals surface area (Å²) in [7, 11) is 0. The van der Waals surface area contributed by atoms with Crippen LogP contribution in [0, 0.1) is 11.6 Å². The summed E-state index contributed by atoms with van der Waals surface area (Å²) in [5, 5.41) is 10.4. The van der Waals surface area contributed by atoms with Gasteiger partial charge in [-0.2, -0.15) is 5.10 Å². The normalized spacial score (nSPS) is 16.7. The van der Waals surface area contributed by atoms with Crippen LogP contribution in [0.4, 0.5) is 8.78 Å². The van der Waals surface area contributed by atoms with Gasteiger partial charge in [0.05, 0.1) is 6.54 Å². The van der Waals surface area contributed by atoms with E-state index >= 15 is 0 Å². The van der Waals surface area contributed by atoms with Crippen molar-refractivity contribution in [1.82, 2.24) is 20.4 Å². The van der Waals surface area contributed by atoms with Crippen LogP contribution in [0.25, 0.3) is 0 Å². The van der Waals surface area contributed by atoms with Gasteiger partial charge in [0.2, 0.25) is 0 Å². The largest absolute Gasteiger partial charge is 0.330 e. The molecule has 2 heterocycles. The van der Waals surface area contributed by atoms with Gasteiger partial charge >= 0.3 is 0 Å². The monoisotopic (exact) mass is 396 g/mol. The van der Waals surface area contributed by atoms with Crippen molar-refractivity contribution in [2.45, 2.75) is 51.2 Å². The number of nitrogens with one attached hydrogen (secondary N) is 2. The maximum atomic E-state index is 14.2. The Bertz CT molecular complexity index is 800. The predicted molar refractivity (Wildman–Crippen MR) is 99.7 cm³/mol. The zero-order valence-corrected chi connectivity index (χ0v) is 15.7. The number of benzene rings is 1. The molecule has 0 unspecified atom stereocenters. The zero-order chi connectivity index (χ0) is 18.1. The maximum Gasteiger partial charge on any atom is 0.275 e. The van der Waals surface area contributed by atoms with E-state index in [1.165, 1.54) is 18.2 Å². The molecule has 1 aromatic carbocycles. The number of halogens is 3. The van der Waals surface area contributed by atoms with Crippen LogP contribution in [0.15, 0.2) is 18.2 Å². The van der Waals surface area contributed by atoms with Gasteiger partial charge in [-0.25, -0.2) is 8.78 Å². The molecule has 8 heteroatoms. The first-order valence-corrected chi connectivity index (χ1v) is 9.16. The zero-order valence-electron chi connectivity index (χ0n) is 14.9. The highest BCUT2D eigenvalue weighted by molar-refractivity contribution is 5.94. The van der Waals surface area contributed by atoms with Crippen LogP contribution in [-0.4, -0.2) is 33.6 Å². The molecule has 2 aliphatic rings. The number of carbonyl (C=O) groups is 1. The molecule has 27 heavy (non-hydrogen) atoms. The lowest BCUT2D eigenvalue weighted by molar-refractivity contribution is 0.0652. The standard InChI is InChI=1S/C19H22F2N4O.ClH/c20-15-6-3-7-16(21)14(15)11-25(12-4-1-2-5-12)19(26)18-13-10-22-9-8-17(13)23-24-18;/h3,6-7,12,22H,1-2,4-5,8-11H2,(H,23,24);1H. The first-order valence-electron chi connectivity index (χ1n) is 9.16. The number of hydrogen-bond donors (Lipinski definition) is 2. The lowest BCUT2D eigenvalue weighted by Crippen LogP contribution is -2.40. The summed E-state index contributed by atoms with van der Waals surface area (Å²) in [5.41, 5.74) is 2.15. The Kier molecular flexibility index (Phi) is 6.11. The van der Waals surface area contributed by atoms with Crippen molar-refractivity contribution in [3.63, 3.8) is 0 Å².